The van der Waals surface area contributed by atoms with Crippen LogP contribution in [-0.2, 0) is 28.5 Å². The lowest BCUT2D eigenvalue weighted by molar-refractivity contribution is -0.161. The Morgan fingerprint density at radius 2 is 1.39 bits per heavy atom. The summed E-state index contributed by atoms with van der Waals surface area (Å²) in [5.41, 5.74) is 0.602. The Hall–Kier alpha value is -1.86. The molecule has 2 amide bonds. The summed E-state index contributed by atoms with van der Waals surface area (Å²) in [4.78, 5) is 36.8. The molecule has 5 aliphatic heterocycles. The van der Waals surface area contributed by atoms with Crippen molar-refractivity contribution < 1.29 is 43.5 Å². The van der Waals surface area contributed by atoms with E-state index in [1.165, 1.54) is 44.9 Å². The molecule has 338 valence electrons. The predicted molar refractivity (Wildman–Crippen MR) is 233 cm³/mol. The highest BCUT2D eigenvalue weighted by Crippen LogP contribution is 2.36. The SMILES string of the molecule is CCCCCCCCCC[C@H](O)[C@H]1CC[C@H]([C@H]2CC[C@H]([C@@H](CCCCCCCCCC[C@@H](O)CC3=C[C@H](C)OC3=O)OC(=O)CCCC[C@@H]3SC[C@@H]4NC(=O)N[C@@H]43)O2)O1. The van der Waals surface area contributed by atoms with Gasteiger partial charge < -0.3 is 39.8 Å². The zero-order valence-electron chi connectivity index (χ0n) is 36.6. The molecule has 5 rings (SSSR count). The van der Waals surface area contributed by atoms with Crippen molar-refractivity contribution in [2.24, 2.45) is 0 Å². The van der Waals surface area contributed by atoms with Gasteiger partial charge >= 0.3 is 18.0 Å². The molecule has 5 heterocycles. The molecule has 0 unspecified atom stereocenters. The molecule has 59 heavy (non-hydrogen) atoms. The van der Waals surface area contributed by atoms with Crippen LogP contribution in [0.4, 0.5) is 4.79 Å². The Kier molecular flexibility index (Phi) is 21.7. The summed E-state index contributed by atoms with van der Waals surface area (Å²) in [6.45, 7) is 4.09. The monoisotopic (exact) mass is 849 g/mol. The van der Waals surface area contributed by atoms with Gasteiger partial charge in [0.25, 0.3) is 0 Å². The third kappa shape index (κ3) is 16.7. The van der Waals surface area contributed by atoms with E-state index < -0.39 is 12.2 Å². The largest absolute Gasteiger partial charge is 0.460 e. The number of ether oxygens (including phenoxy) is 4. The van der Waals surface area contributed by atoms with Gasteiger partial charge in [-0.2, -0.15) is 11.8 Å². The van der Waals surface area contributed by atoms with E-state index in [0.29, 0.717) is 30.1 Å². The predicted octanol–water partition coefficient (Wildman–Crippen LogP) is 9.13. The van der Waals surface area contributed by atoms with Gasteiger partial charge in [-0.25, -0.2) is 9.59 Å². The lowest BCUT2D eigenvalue weighted by Crippen LogP contribution is -2.36. The number of rotatable bonds is 31. The number of carbonyl (C=O) groups excluding carboxylic acids is 3. The van der Waals surface area contributed by atoms with E-state index in [4.69, 9.17) is 18.9 Å². The molecule has 0 aromatic carbocycles. The average Bonchev–Trinajstić information content (AvgIpc) is 4.06. The van der Waals surface area contributed by atoms with E-state index in [-0.39, 0.29) is 66.7 Å². The molecule has 0 bridgehead atoms. The van der Waals surface area contributed by atoms with Crippen LogP contribution in [-0.4, -0.2) is 100 Å². The lowest BCUT2D eigenvalue weighted by Gasteiger charge is -2.26. The summed E-state index contributed by atoms with van der Waals surface area (Å²) in [5.74, 6) is 0.505. The molecule has 11 atom stereocenters. The van der Waals surface area contributed by atoms with Crippen LogP contribution in [0.15, 0.2) is 11.6 Å². The van der Waals surface area contributed by atoms with Crippen molar-refractivity contribution >= 4 is 29.7 Å². The van der Waals surface area contributed by atoms with Crippen LogP contribution in [0.2, 0.25) is 0 Å². The van der Waals surface area contributed by atoms with Gasteiger partial charge in [0.05, 0.1) is 48.7 Å². The fourth-order valence-electron chi connectivity index (χ4n) is 9.88. The number of cyclic esters (lactones) is 1. The summed E-state index contributed by atoms with van der Waals surface area (Å²) >= 11 is 1.91. The minimum absolute atomic E-state index is 0.0157. The number of nitrogens with one attached hydrogen (secondary N) is 2. The average molecular weight is 849 g/mol. The molecule has 11 nitrogen and oxygen atoms in total. The number of carbonyl (C=O) groups is 3. The van der Waals surface area contributed by atoms with E-state index in [2.05, 4.69) is 17.6 Å². The third-order valence-electron chi connectivity index (χ3n) is 13.3. The molecule has 0 radical (unpaired) electrons. The Labute approximate surface area is 360 Å². The van der Waals surface area contributed by atoms with Crippen molar-refractivity contribution in [2.75, 3.05) is 5.75 Å². The molecule has 0 aliphatic carbocycles. The van der Waals surface area contributed by atoms with Gasteiger partial charge in [0.1, 0.15) is 12.2 Å². The number of aliphatic hydroxyl groups excluding tert-OH is 2. The van der Waals surface area contributed by atoms with Crippen LogP contribution in [0.25, 0.3) is 0 Å². The highest BCUT2D eigenvalue weighted by molar-refractivity contribution is 8.00. The van der Waals surface area contributed by atoms with Gasteiger partial charge in [-0.3, -0.25) is 4.79 Å². The molecule has 5 aliphatic rings. The number of aliphatic hydroxyl groups is 2. The molecule has 12 heteroatoms. The van der Waals surface area contributed by atoms with Crippen molar-refractivity contribution in [1.29, 1.82) is 0 Å². The fourth-order valence-corrected chi connectivity index (χ4v) is 11.4. The van der Waals surface area contributed by atoms with Gasteiger partial charge in [-0.1, -0.05) is 110 Å². The number of urea groups is 1. The molecule has 0 saturated carbocycles. The maximum atomic E-state index is 13.2. The van der Waals surface area contributed by atoms with Crippen LogP contribution in [0.3, 0.4) is 0 Å². The van der Waals surface area contributed by atoms with Crippen LogP contribution in [0, 0.1) is 0 Å². The van der Waals surface area contributed by atoms with Crippen LogP contribution in [0.1, 0.15) is 194 Å². The highest BCUT2D eigenvalue weighted by atomic mass is 32.2. The minimum Gasteiger partial charge on any atom is -0.460 e. The molecule has 4 fully saturated rings. The summed E-state index contributed by atoms with van der Waals surface area (Å²) in [5, 5.41) is 27.8. The van der Waals surface area contributed by atoms with Crippen LogP contribution in [0.5, 0.6) is 0 Å². The Balaban J connectivity index is 0.977. The number of hydrogen-bond donors (Lipinski definition) is 4. The first-order valence-electron chi connectivity index (χ1n) is 24.2. The van der Waals surface area contributed by atoms with Crippen molar-refractivity contribution in [1.82, 2.24) is 10.6 Å². The molecule has 4 saturated heterocycles. The lowest BCUT2D eigenvalue weighted by atomic mass is 9.99. The minimum atomic E-state index is -0.496. The van der Waals surface area contributed by atoms with Crippen LogP contribution >= 0.6 is 11.8 Å². The number of hydrogen-bond acceptors (Lipinski definition) is 10. The number of amides is 2. The Bertz CT molecular complexity index is 1290. The summed E-state index contributed by atoms with van der Waals surface area (Å²) in [7, 11) is 0. The number of fused-ring (bicyclic) bond motifs is 1. The van der Waals surface area contributed by atoms with E-state index in [1.54, 1.807) is 0 Å². The van der Waals surface area contributed by atoms with E-state index in [0.717, 1.165) is 121 Å². The van der Waals surface area contributed by atoms with E-state index in [9.17, 15) is 24.6 Å². The zero-order chi connectivity index (χ0) is 41.8. The zero-order valence-corrected chi connectivity index (χ0v) is 37.4. The second kappa shape index (κ2) is 26.6. The first-order valence-corrected chi connectivity index (χ1v) is 25.2. The van der Waals surface area contributed by atoms with Crippen molar-refractivity contribution in [3.05, 3.63) is 11.6 Å². The summed E-state index contributed by atoms with van der Waals surface area (Å²) in [6, 6.07) is 0.338. The fraction of sp³-hybridized carbons (Fsp3) is 0.894. The quantitative estimate of drug-likeness (QED) is 0.0302. The van der Waals surface area contributed by atoms with Crippen molar-refractivity contribution in [3.63, 3.8) is 0 Å². The topological polar surface area (TPSA) is 153 Å². The summed E-state index contributed by atoms with van der Waals surface area (Å²) < 4.78 is 24.5. The molecule has 0 spiro atoms. The van der Waals surface area contributed by atoms with Crippen LogP contribution < -0.4 is 10.6 Å². The number of thioether (sulfide) groups is 1. The van der Waals surface area contributed by atoms with Gasteiger partial charge in [0, 0.05) is 29.4 Å². The molecule has 0 aromatic rings. The number of esters is 2. The third-order valence-corrected chi connectivity index (χ3v) is 14.9. The maximum Gasteiger partial charge on any atom is 0.334 e. The molecular formula is C47H80N2O9S. The normalized spacial score (nSPS) is 29.2. The smallest absolute Gasteiger partial charge is 0.334 e. The molecule has 4 N–H and O–H groups in total. The first-order chi connectivity index (χ1) is 28.7. The van der Waals surface area contributed by atoms with E-state index >= 15 is 0 Å². The standard InChI is InChI=1S/C47H80N2O9S/c1-3-4-5-6-7-11-14-17-22-37(51)38-26-27-41(56-38)42-29-28-40(57-42)39(58-44(52)25-20-19-24-43-45-36(32-59-43)48-47(54)49-45)23-18-15-12-9-8-10-13-16-21-35(50)31-34-30-33(2)55-46(34)53/h30,33,35-43,45,50-51H,3-29,31-32H2,1-2H3,(H2,48,49,54)/t33-,35+,36-,37-,38+,39+,40+,41+,42+,43-,45-/m0/s1. The summed E-state index contributed by atoms with van der Waals surface area (Å²) in [6.07, 6.45) is 28.2. The maximum absolute atomic E-state index is 13.2. The highest BCUT2D eigenvalue weighted by Gasteiger charge is 2.43. The van der Waals surface area contributed by atoms with Crippen molar-refractivity contribution in [2.45, 2.75) is 260 Å². The van der Waals surface area contributed by atoms with Gasteiger partial charge in [-0.15, -0.1) is 0 Å². The van der Waals surface area contributed by atoms with E-state index in [1.807, 2.05) is 24.8 Å². The molecular weight excluding hydrogens is 769 g/mol. The van der Waals surface area contributed by atoms with Gasteiger partial charge in [-0.05, 0) is 77.2 Å². The molecule has 0 aromatic heterocycles. The number of unbranched alkanes of at least 4 members (excludes halogenated alkanes) is 15. The Morgan fingerprint density at radius 1 is 0.780 bits per heavy atom. The second-order valence-corrected chi connectivity index (χ2v) is 19.6. The first kappa shape index (κ1) is 48.2. The van der Waals surface area contributed by atoms with Gasteiger partial charge in [0.2, 0.25) is 0 Å². The van der Waals surface area contributed by atoms with Crippen molar-refractivity contribution in [3.8, 4) is 0 Å². The Morgan fingerprint density at radius 3 is 2.05 bits per heavy atom. The second-order valence-electron chi connectivity index (χ2n) is 18.4. The van der Waals surface area contributed by atoms with Gasteiger partial charge in [0.15, 0.2) is 0 Å².